The second-order valence-electron chi connectivity index (χ2n) is 3.91. The molecule has 3 rings (SSSR count). The Balaban J connectivity index is 1.68. The minimum absolute atomic E-state index is 0.632. The lowest BCUT2D eigenvalue weighted by Gasteiger charge is -2.06. The van der Waals surface area contributed by atoms with Gasteiger partial charge in [0.05, 0.1) is 35.4 Å². The van der Waals surface area contributed by atoms with E-state index in [2.05, 4.69) is 31.4 Å². The zero-order chi connectivity index (χ0) is 13.1. The molecule has 3 aromatic rings. The van der Waals surface area contributed by atoms with Crippen molar-refractivity contribution in [3.63, 3.8) is 0 Å². The molecule has 1 aromatic carbocycles. The molecule has 96 valence electrons. The SMILES string of the molecule is Brc1ccoc1CNc1ccc(-n2nccn2)cc1. The molecule has 2 heterocycles. The predicted molar refractivity (Wildman–Crippen MR) is 75.1 cm³/mol. The van der Waals surface area contributed by atoms with Crippen molar-refractivity contribution in [1.29, 1.82) is 0 Å². The van der Waals surface area contributed by atoms with Gasteiger partial charge in [0.2, 0.25) is 0 Å². The van der Waals surface area contributed by atoms with Gasteiger partial charge in [-0.25, -0.2) is 0 Å². The van der Waals surface area contributed by atoms with E-state index in [1.165, 1.54) is 0 Å². The van der Waals surface area contributed by atoms with Crippen LogP contribution in [-0.2, 0) is 6.54 Å². The Bertz CT molecular complexity index is 646. The molecular formula is C13H11BrN4O. The highest BCUT2D eigenvalue weighted by molar-refractivity contribution is 9.10. The van der Waals surface area contributed by atoms with Gasteiger partial charge in [0.15, 0.2) is 0 Å². The number of anilines is 1. The van der Waals surface area contributed by atoms with Crippen LogP contribution in [0.4, 0.5) is 5.69 Å². The molecule has 0 aliphatic carbocycles. The Morgan fingerprint density at radius 2 is 1.84 bits per heavy atom. The monoisotopic (exact) mass is 318 g/mol. The molecule has 0 unspecified atom stereocenters. The van der Waals surface area contributed by atoms with Crippen molar-refractivity contribution >= 4 is 21.6 Å². The maximum Gasteiger partial charge on any atom is 0.136 e. The molecule has 0 saturated carbocycles. The number of benzene rings is 1. The highest BCUT2D eigenvalue weighted by Gasteiger charge is 2.03. The minimum Gasteiger partial charge on any atom is -0.466 e. The van der Waals surface area contributed by atoms with Crippen LogP contribution < -0.4 is 5.32 Å². The molecule has 19 heavy (non-hydrogen) atoms. The topological polar surface area (TPSA) is 55.9 Å². The molecule has 0 saturated heterocycles. The highest BCUT2D eigenvalue weighted by atomic mass is 79.9. The van der Waals surface area contributed by atoms with Crippen LogP contribution >= 0.6 is 15.9 Å². The molecule has 6 heteroatoms. The van der Waals surface area contributed by atoms with Gasteiger partial charge in [-0.05, 0) is 46.3 Å². The number of furan rings is 1. The third-order valence-electron chi connectivity index (χ3n) is 2.66. The maximum atomic E-state index is 5.34. The van der Waals surface area contributed by atoms with Crippen LogP contribution in [0.15, 0.2) is 57.9 Å². The second kappa shape index (κ2) is 5.27. The Labute approximate surface area is 118 Å². The molecule has 0 aliphatic rings. The van der Waals surface area contributed by atoms with Gasteiger partial charge in [0, 0.05) is 5.69 Å². The van der Waals surface area contributed by atoms with Crippen LogP contribution in [0, 0.1) is 0 Å². The number of hydrogen-bond donors (Lipinski definition) is 1. The summed E-state index contributed by atoms with van der Waals surface area (Å²) in [7, 11) is 0. The number of nitrogens with one attached hydrogen (secondary N) is 1. The van der Waals surface area contributed by atoms with Crippen molar-refractivity contribution in [2.24, 2.45) is 0 Å². The summed E-state index contributed by atoms with van der Waals surface area (Å²) >= 11 is 3.42. The highest BCUT2D eigenvalue weighted by Crippen LogP contribution is 2.19. The zero-order valence-electron chi connectivity index (χ0n) is 9.95. The third-order valence-corrected chi connectivity index (χ3v) is 3.37. The van der Waals surface area contributed by atoms with Crippen molar-refractivity contribution in [1.82, 2.24) is 15.0 Å². The molecule has 0 amide bonds. The Kier molecular flexibility index (Phi) is 3.33. The van der Waals surface area contributed by atoms with E-state index < -0.39 is 0 Å². The lowest BCUT2D eigenvalue weighted by molar-refractivity contribution is 0.516. The lowest BCUT2D eigenvalue weighted by Crippen LogP contribution is -2.01. The van der Waals surface area contributed by atoms with Crippen molar-refractivity contribution in [2.45, 2.75) is 6.54 Å². The van der Waals surface area contributed by atoms with Gasteiger partial charge in [-0.2, -0.15) is 15.0 Å². The number of nitrogens with zero attached hydrogens (tertiary/aromatic N) is 3. The molecule has 0 atom stereocenters. The van der Waals surface area contributed by atoms with Gasteiger partial charge in [0.25, 0.3) is 0 Å². The summed E-state index contributed by atoms with van der Waals surface area (Å²) in [6.45, 7) is 0.632. The molecule has 2 aromatic heterocycles. The van der Waals surface area contributed by atoms with E-state index in [1.807, 2.05) is 30.3 Å². The number of halogens is 1. The van der Waals surface area contributed by atoms with Gasteiger partial charge >= 0.3 is 0 Å². The molecule has 5 nitrogen and oxygen atoms in total. The average Bonchev–Trinajstić information content (AvgIpc) is 3.09. The van der Waals surface area contributed by atoms with Crippen LogP contribution in [0.2, 0.25) is 0 Å². The number of aromatic nitrogens is 3. The molecule has 1 N–H and O–H groups in total. The number of rotatable bonds is 4. The summed E-state index contributed by atoms with van der Waals surface area (Å²) in [5, 5.41) is 11.4. The molecule has 0 spiro atoms. The van der Waals surface area contributed by atoms with Crippen LogP contribution in [0.25, 0.3) is 5.69 Å². The second-order valence-corrected chi connectivity index (χ2v) is 4.77. The van der Waals surface area contributed by atoms with Gasteiger partial charge in [0.1, 0.15) is 5.76 Å². The maximum absolute atomic E-state index is 5.34. The minimum atomic E-state index is 0.632. The molecule has 0 aliphatic heterocycles. The normalized spacial score (nSPS) is 10.6. The molecule has 0 fully saturated rings. The largest absolute Gasteiger partial charge is 0.466 e. The standard InChI is InChI=1S/C13H11BrN4O/c14-12-5-8-19-13(12)9-15-10-1-3-11(4-2-10)18-16-6-7-17-18/h1-8,15H,9H2. The fraction of sp³-hybridized carbons (Fsp3) is 0.0769. The fourth-order valence-electron chi connectivity index (χ4n) is 1.70. The van der Waals surface area contributed by atoms with E-state index in [0.29, 0.717) is 6.54 Å². The van der Waals surface area contributed by atoms with Crippen molar-refractivity contribution < 1.29 is 4.42 Å². The summed E-state index contributed by atoms with van der Waals surface area (Å²) < 4.78 is 6.30. The van der Waals surface area contributed by atoms with E-state index in [9.17, 15) is 0 Å². The van der Waals surface area contributed by atoms with E-state index in [1.54, 1.807) is 23.5 Å². The number of hydrogen-bond acceptors (Lipinski definition) is 4. The quantitative estimate of drug-likeness (QED) is 0.802. The van der Waals surface area contributed by atoms with Crippen LogP contribution in [0.3, 0.4) is 0 Å². The summed E-state index contributed by atoms with van der Waals surface area (Å²) in [4.78, 5) is 1.58. The van der Waals surface area contributed by atoms with Crippen molar-refractivity contribution in [2.75, 3.05) is 5.32 Å². The van der Waals surface area contributed by atoms with Crippen LogP contribution in [0.1, 0.15) is 5.76 Å². The van der Waals surface area contributed by atoms with Crippen LogP contribution in [-0.4, -0.2) is 15.0 Å². The van der Waals surface area contributed by atoms with Crippen molar-refractivity contribution in [3.8, 4) is 5.69 Å². The van der Waals surface area contributed by atoms with Gasteiger partial charge < -0.3 is 9.73 Å². The Morgan fingerprint density at radius 1 is 1.11 bits per heavy atom. The zero-order valence-corrected chi connectivity index (χ0v) is 11.5. The Morgan fingerprint density at radius 3 is 2.47 bits per heavy atom. The summed E-state index contributed by atoms with van der Waals surface area (Å²) in [5.74, 6) is 0.873. The van der Waals surface area contributed by atoms with E-state index in [-0.39, 0.29) is 0 Å². The molecular weight excluding hydrogens is 308 g/mol. The average molecular weight is 319 g/mol. The fourth-order valence-corrected chi connectivity index (χ4v) is 2.04. The third kappa shape index (κ3) is 2.68. The first-order valence-corrected chi connectivity index (χ1v) is 6.55. The van der Waals surface area contributed by atoms with E-state index in [4.69, 9.17) is 4.42 Å². The smallest absolute Gasteiger partial charge is 0.136 e. The van der Waals surface area contributed by atoms with Gasteiger partial charge in [-0.15, -0.1) is 0 Å². The molecule has 0 bridgehead atoms. The molecule has 0 radical (unpaired) electrons. The van der Waals surface area contributed by atoms with Gasteiger partial charge in [-0.3, -0.25) is 0 Å². The summed E-state index contributed by atoms with van der Waals surface area (Å²) in [5.41, 5.74) is 1.94. The Hall–Kier alpha value is -2.08. The lowest BCUT2D eigenvalue weighted by atomic mass is 10.3. The summed E-state index contributed by atoms with van der Waals surface area (Å²) in [6, 6.07) is 9.76. The van der Waals surface area contributed by atoms with Crippen LogP contribution in [0.5, 0.6) is 0 Å². The first-order valence-electron chi connectivity index (χ1n) is 5.75. The van der Waals surface area contributed by atoms with Gasteiger partial charge in [-0.1, -0.05) is 0 Å². The van der Waals surface area contributed by atoms with E-state index >= 15 is 0 Å². The van der Waals surface area contributed by atoms with Crippen molar-refractivity contribution in [3.05, 3.63) is 59.2 Å². The first kappa shape index (κ1) is 12.0. The first-order chi connectivity index (χ1) is 9.33. The summed E-state index contributed by atoms with van der Waals surface area (Å²) in [6.07, 6.45) is 4.97. The predicted octanol–water partition coefficient (Wildman–Crippen LogP) is 3.23. The van der Waals surface area contributed by atoms with E-state index in [0.717, 1.165) is 21.6 Å².